The van der Waals surface area contributed by atoms with E-state index in [1.54, 1.807) is 26.8 Å². The molecule has 1 aliphatic carbocycles. The van der Waals surface area contributed by atoms with Crippen LogP contribution >= 0.6 is 0 Å². The molecule has 126 valence electrons. The van der Waals surface area contributed by atoms with Crippen LogP contribution in [-0.4, -0.2) is 42.5 Å². The number of aliphatic hydroxyl groups is 1. The monoisotopic (exact) mass is 313 g/mol. The van der Waals surface area contributed by atoms with Crippen LogP contribution in [0, 0.1) is 11.8 Å². The molecular formula is C16H27NO5. The van der Waals surface area contributed by atoms with Crippen molar-refractivity contribution >= 4 is 12.1 Å². The van der Waals surface area contributed by atoms with Crippen LogP contribution in [-0.2, 0) is 14.3 Å². The highest BCUT2D eigenvalue weighted by Crippen LogP contribution is 2.26. The minimum Gasteiger partial charge on any atom is -0.469 e. The smallest absolute Gasteiger partial charge is 0.407 e. The molecule has 1 rings (SSSR count). The molecular weight excluding hydrogens is 286 g/mol. The van der Waals surface area contributed by atoms with Gasteiger partial charge >= 0.3 is 12.1 Å². The van der Waals surface area contributed by atoms with Gasteiger partial charge < -0.3 is 19.9 Å². The van der Waals surface area contributed by atoms with E-state index >= 15 is 0 Å². The molecule has 0 radical (unpaired) electrons. The lowest BCUT2D eigenvalue weighted by atomic mass is 9.83. The quantitative estimate of drug-likeness (QED) is 0.615. The fourth-order valence-electron chi connectivity index (χ4n) is 2.47. The van der Waals surface area contributed by atoms with E-state index in [1.165, 1.54) is 7.11 Å². The highest BCUT2D eigenvalue weighted by molar-refractivity contribution is 5.73. The lowest BCUT2D eigenvalue weighted by Crippen LogP contribution is -2.39. The number of hydrogen-bond acceptors (Lipinski definition) is 5. The van der Waals surface area contributed by atoms with Gasteiger partial charge in [-0.25, -0.2) is 4.79 Å². The van der Waals surface area contributed by atoms with Crippen molar-refractivity contribution in [2.24, 2.45) is 11.8 Å². The summed E-state index contributed by atoms with van der Waals surface area (Å²) in [6, 6.07) is 0. The first-order chi connectivity index (χ1) is 10.2. The molecule has 6 nitrogen and oxygen atoms in total. The van der Waals surface area contributed by atoms with Crippen molar-refractivity contribution < 1.29 is 24.2 Å². The van der Waals surface area contributed by atoms with Crippen LogP contribution in [0.1, 0.15) is 40.0 Å². The van der Waals surface area contributed by atoms with Crippen LogP contribution in [0.5, 0.6) is 0 Å². The Morgan fingerprint density at radius 2 is 2.00 bits per heavy atom. The second-order valence-corrected chi connectivity index (χ2v) is 6.58. The molecule has 0 saturated carbocycles. The summed E-state index contributed by atoms with van der Waals surface area (Å²) in [5.74, 6) is -0.734. The van der Waals surface area contributed by atoms with Crippen molar-refractivity contribution in [3.8, 4) is 0 Å². The van der Waals surface area contributed by atoms with E-state index in [9.17, 15) is 14.7 Å². The van der Waals surface area contributed by atoms with E-state index in [1.807, 2.05) is 6.08 Å². The zero-order chi connectivity index (χ0) is 16.8. The van der Waals surface area contributed by atoms with Crippen LogP contribution in [0.25, 0.3) is 0 Å². The Bertz CT molecular complexity index is 413. The summed E-state index contributed by atoms with van der Waals surface area (Å²) in [5.41, 5.74) is -0.559. The number of nitrogens with one attached hydrogen (secondary N) is 1. The van der Waals surface area contributed by atoms with Gasteiger partial charge in [0.05, 0.1) is 19.1 Å². The standard InChI is InChI=1S/C16H27NO5/c1-16(2,3)22-15(20)17-10-11-6-5-7-12(18)8-9-13(11)14(19)21-4/h5,7,11-13,18H,6,8-10H2,1-4H3,(H,17,20)/b7-5-/t11?,12-,13-/m0/s1. The van der Waals surface area contributed by atoms with Gasteiger partial charge in [0, 0.05) is 6.54 Å². The van der Waals surface area contributed by atoms with Gasteiger partial charge in [0.15, 0.2) is 0 Å². The molecule has 0 spiro atoms. The predicted molar refractivity (Wildman–Crippen MR) is 82.2 cm³/mol. The third-order valence-corrected chi connectivity index (χ3v) is 3.55. The second-order valence-electron chi connectivity index (χ2n) is 6.58. The Hall–Kier alpha value is -1.56. The van der Waals surface area contributed by atoms with E-state index in [0.29, 0.717) is 25.8 Å². The van der Waals surface area contributed by atoms with Crippen molar-refractivity contribution in [3.05, 3.63) is 12.2 Å². The molecule has 0 saturated heterocycles. The van der Waals surface area contributed by atoms with Crippen molar-refractivity contribution in [1.82, 2.24) is 5.32 Å². The van der Waals surface area contributed by atoms with Crippen LogP contribution in [0.3, 0.4) is 0 Å². The Balaban J connectivity index is 2.67. The maximum atomic E-state index is 12.0. The normalized spacial score (nSPS) is 27.2. The summed E-state index contributed by atoms with van der Waals surface area (Å²) in [7, 11) is 1.35. The lowest BCUT2D eigenvalue weighted by molar-refractivity contribution is -0.148. The molecule has 0 aromatic carbocycles. The Labute approximate surface area is 131 Å². The van der Waals surface area contributed by atoms with Gasteiger partial charge in [0.2, 0.25) is 0 Å². The van der Waals surface area contributed by atoms with Crippen molar-refractivity contribution in [1.29, 1.82) is 0 Å². The number of carbonyl (C=O) groups is 2. The first-order valence-electron chi connectivity index (χ1n) is 7.62. The second kappa shape index (κ2) is 8.17. The number of ether oxygens (including phenoxy) is 2. The third kappa shape index (κ3) is 6.47. The molecule has 0 fully saturated rings. The van der Waals surface area contributed by atoms with Gasteiger partial charge in [-0.15, -0.1) is 0 Å². The third-order valence-electron chi connectivity index (χ3n) is 3.55. The number of rotatable bonds is 3. The summed E-state index contributed by atoms with van der Waals surface area (Å²) in [5, 5.41) is 12.4. The van der Waals surface area contributed by atoms with Gasteiger partial charge in [-0.05, 0) is 46.0 Å². The van der Waals surface area contributed by atoms with E-state index in [4.69, 9.17) is 9.47 Å². The summed E-state index contributed by atoms with van der Waals surface area (Å²) in [4.78, 5) is 23.7. The van der Waals surface area contributed by atoms with Gasteiger partial charge in [0.25, 0.3) is 0 Å². The summed E-state index contributed by atoms with van der Waals surface area (Å²) in [6.07, 6.45) is 4.16. The molecule has 0 heterocycles. The summed E-state index contributed by atoms with van der Waals surface area (Å²) >= 11 is 0. The number of esters is 1. The fourth-order valence-corrected chi connectivity index (χ4v) is 2.47. The molecule has 0 aliphatic heterocycles. The van der Waals surface area contributed by atoms with Gasteiger partial charge in [-0.3, -0.25) is 4.79 Å². The average Bonchev–Trinajstić information content (AvgIpc) is 2.39. The molecule has 6 heteroatoms. The van der Waals surface area contributed by atoms with Crippen LogP contribution < -0.4 is 5.32 Å². The van der Waals surface area contributed by atoms with Crippen LogP contribution in [0.2, 0.25) is 0 Å². The zero-order valence-corrected chi connectivity index (χ0v) is 13.8. The lowest BCUT2D eigenvalue weighted by Gasteiger charge is -2.27. The first-order valence-corrected chi connectivity index (χ1v) is 7.62. The van der Waals surface area contributed by atoms with Crippen molar-refractivity contribution in [2.45, 2.75) is 51.7 Å². The number of amides is 1. The molecule has 1 unspecified atom stereocenters. The van der Waals surface area contributed by atoms with E-state index in [2.05, 4.69) is 5.32 Å². The van der Waals surface area contributed by atoms with E-state index in [-0.39, 0.29) is 17.8 Å². The topological polar surface area (TPSA) is 84.9 Å². The first kappa shape index (κ1) is 18.5. The molecule has 2 N–H and O–H groups in total. The highest BCUT2D eigenvalue weighted by Gasteiger charge is 2.30. The average molecular weight is 313 g/mol. The number of allylic oxidation sites excluding steroid dienone is 1. The molecule has 0 aromatic rings. The number of hydrogen-bond donors (Lipinski definition) is 2. The predicted octanol–water partition coefficient (Wildman–Crippen LogP) is 2.02. The SMILES string of the molecule is COC(=O)[C@H]1CC[C@@H](O)/C=C\CC1CNC(=O)OC(C)(C)C. The molecule has 0 aromatic heterocycles. The maximum absolute atomic E-state index is 12.0. The zero-order valence-electron chi connectivity index (χ0n) is 13.8. The van der Waals surface area contributed by atoms with Crippen LogP contribution in [0.15, 0.2) is 12.2 Å². The van der Waals surface area contributed by atoms with Crippen LogP contribution in [0.4, 0.5) is 4.79 Å². The van der Waals surface area contributed by atoms with E-state index in [0.717, 1.165) is 0 Å². The van der Waals surface area contributed by atoms with Crippen molar-refractivity contribution in [2.75, 3.05) is 13.7 Å². The Kier molecular flexibility index (Phi) is 6.87. The van der Waals surface area contributed by atoms with Gasteiger partial charge in [-0.2, -0.15) is 0 Å². The van der Waals surface area contributed by atoms with Gasteiger partial charge in [-0.1, -0.05) is 12.2 Å². The number of aliphatic hydroxyl groups excluding tert-OH is 1. The fraction of sp³-hybridized carbons (Fsp3) is 0.750. The number of alkyl carbamates (subject to hydrolysis) is 1. The highest BCUT2D eigenvalue weighted by atomic mass is 16.6. The number of methoxy groups -OCH3 is 1. The summed E-state index contributed by atoms with van der Waals surface area (Å²) in [6.45, 7) is 5.71. The minimum absolute atomic E-state index is 0.0799. The molecule has 0 bridgehead atoms. The largest absolute Gasteiger partial charge is 0.469 e. The van der Waals surface area contributed by atoms with E-state index < -0.39 is 17.8 Å². The summed E-state index contributed by atoms with van der Waals surface area (Å²) < 4.78 is 10.0. The Morgan fingerprint density at radius 1 is 1.32 bits per heavy atom. The maximum Gasteiger partial charge on any atom is 0.407 e. The molecule has 1 aliphatic rings. The number of carbonyl (C=O) groups excluding carboxylic acids is 2. The minimum atomic E-state index is -0.559. The van der Waals surface area contributed by atoms with Gasteiger partial charge in [0.1, 0.15) is 5.60 Å². The van der Waals surface area contributed by atoms with Crippen molar-refractivity contribution in [3.63, 3.8) is 0 Å². The molecule has 1 amide bonds. The molecule has 22 heavy (non-hydrogen) atoms. The molecule has 3 atom stereocenters. The Morgan fingerprint density at radius 3 is 2.59 bits per heavy atom.